The molecule has 0 bridgehead atoms. The van der Waals surface area contributed by atoms with E-state index in [9.17, 15) is 14.4 Å². The maximum atomic E-state index is 13.0. The highest BCUT2D eigenvalue weighted by Crippen LogP contribution is 2.35. The summed E-state index contributed by atoms with van der Waals surface area (Å²) in [6.07, 6.45) is 5.70. The van der Waals surface area contributed by atoms with Crippen LogP contribution in [0.5, 0.6) is 5.75 Å². The van der Waals surface area contributed by atoms with Crippen molar-refractivity contribution >= 4 is 74.0 Å². The van der Waals surface area contributed by atoms with Crippen molar-refractivity contribution in [2.24, 2.45) is 0 Å². The van der Waals surface area contributed by atoms with Gasteiger partial charge >= 0.3 is 0 Å². The molecule has 0 aliphatic carbocycles. The number of likely N-dealkylation sites (tertiary alicyclic amines) is 1. The number of rotatable bonds is 6. The Labute approximate surface area is 226 Å². The fourth-order valence-electron chi connectivity index (χ4n) is 3.89. The second-order valence-corrected chi connectivity index (χ2v) is 11.0. The lowest BCUT2D eigenvalue weighted by Crippen LogP contribution is -2.42. The first-order valence-corrected chi connectivity index (χ1v) is 13.6. The minimum absolute atomic E-state index is 0.191. The molecule has 35 heavy (non-hydrogen) atoms. The van der Waals surface area contributed by atoms with Crippen LogP contribution in [0.25, 0.3) is 6.08 Å². The van der Waals surface area contributed by atoms with Gasteiger partial charge in [-0.15, -0.1) is 0 Å². The van der Waals surface area contributed by atoms with E-state index >= 15 is 0 Å². The van der Waals surface area contributed by atoms with Gasteiger partial charge in [-0.1, -0.05) is 58.0 Å². The monoisotopic (exact) mass is 596 g/mol. The Morgan fingerprint density at radius 1 is 1.03 bits per heavy atom. The molecule has 2 fully saturated rings. The summed E-state index contributed by atoms with van der Waals surface area (Å²) in [5.74, 6) is -0.131. The minimum atomic E-state index is -0.474. The van der Waals surface area contributed by atoms with Crippen molar-refractivity contribution in [2.75, 3.05) is 19.6 Å². The zero-order valence-corrected chi connectivity index (χ0v) is 22.7. The standard InChI is InChI=1S/C25H23BrCl2N2O4S/c26-18-6-8-21(34-15-16-5-7-19(27)20(28)11-16)17(12-18)13-22-24(32)30(25(33)35-22)14-23(31)29-9-3-1-2-4-10-29/h5-8,11-13H,1-4,9-10,14-15H2. The van der Waals surface area contributed by atoms with E-state index in [-0.39, 0.29) is 24.0 Å². The van der Waals surface area contributed by atoms with Crippen LogP contribution >= 0.6 is 50.9 Å². The molecule has 0 N–H and O–H groups in total. The Kier molecular flexibility index (Phi) is 8.81. The molecule has 3 amide bonds. The molecule has 184 valence electrons. The van der Waals surface area contributed by atoms with Gasteiger partial charge in [0.15, 0.2) is 0 Å². The highest BCUT2D eigenvalue weighted by Gasteiger charge is 2.37. The lowest BCUT2D eigenvalue weighted by molar-refractivity contribution is -0.135. The first kappa shape index (κ1) is 26.1. The van der Waals surface area contributed by atoms with E-state index in [4.69, 9.17) is 27.9 Å². The summed E-state index contributed by atoms with van der Waals surface area (Å²) < 4.78 is 6.77. The van der Waals surface area contributed by atoms with Crippen molar-refractivity contribution < 1.29 is 19.1 Å². The number of carbonyl (C=O) groups excluding carboxylic acids is 3. The largest absolute Gasteiger partial charge is 0.488 e. The van der Waals surface area contributed by atoms with Gasteiger partial charge in [0, 0.05) is 23.1 Å². The van der Waals surface area contributed by atoms with E-state index in [1.807, 2.05) is 12.1 Å². The van der Waals surface area contributed by atoms with Crippen molar-refractivity contribution in [1.82, 2.24) is 9.80 Å². The molecule has 0 saturated carbocycles. The molecule has 0 aromatic heterocycles. The Balaban J connectivity index is 1.49. The van der Waals surface area contributed by atoms with Gasteiger partial charge in [0.1, 0.15) is 18.9 Å². The number of nitrogens with zero attached hydrogens (tertiary/aromatic N) is 2. The lowest BCUT2D eigenvalue weighted by Gasteiger charge is -2.22. The number of thioether (sulfide) groups is 1. The number of carbonyl (C=O) groups is 3. The average Bonchev–Trinajstić information content (AvgIpc) is 3.02. The van der Waals surface area contributed by atoms with Gasteiger partial charge in [-0.25, -0.2) is 0 Å². The lowest BCUT2D eigenvalue weighted by atomic mass is 10.1. The van der Waals surface area contributed by atoms with Crippen LogP contribution in [0.4, 0.5) is 4.79 Å². The molecule has 2 aromatic rings. The smallest absolute Gasteiger partial charge is 0.294 e. The summed E-state index contributed by atoms with van der Waals surface area (Å²) in [6.45, 7) is 1.34. The summed E-state index contributed by atoms with van der Waals surface area (Å²) in [6, 6.07) is 10.7. The molecule has 6 nitrogen and oxygen atoms in total. The topological polar surface area (TPSA) is 66.9 Å². The predicted octanol–water partition coefficient (Wildman–Crippen LogP) is 6.77. The van der Waals surface area contributed by atoms with E-state index in [0.29, 0.717) is 34.4 Å². The number of hydrogen-bond donors (Lipinski definition) is 0. The van der Waals surface area contributed by atoms with Crippen molar-refractivity contribution in [3.63, 3.8) is 0 Å². The second-order valence-electron chi connectivity index (χ2n) is 8.28. The number of ether oxygens (including phenoxy) is 1. The Bertz CT molecular complexity index is 1180. The molecule has 0 unspecified atom stereocenters. The molecule has 0 atom stereocenters. The molecule has 0 spiro atoms. The quantitative estimate of drug-likeness (QED) is 0.344. The number of benzene rings is 2. The Morgan fingerprint density at radius 3 is 2.49 bits per heavy atom. The van der Waals surface area contributed by atoms with Crippen molar-refractivity contribution in [3.05, 3.63) is 66.9 Å². The van der Waals surface area contributed by atoms with Gasteiger partial charge in [-0.2, -0.15) is 0 Å². The number of hydrogen-bond acceptors (Lipinski definition) is 5. The number of imide groups is 1. The van der Waals surface area contributed by atoms with Crippen molar-refractivity contribution in [3.8, 4) is 5.75 Å². The molecule has 2 aliphatic heterocycles. The van der Waals surface area contributed by atoms with Gasteiger partial charge in [-0.05, 0) is 66.6 Å². The molecule has 4 rings (SSSR count). The zero-order chi connectivity index (χ0) is 24.9. The van der Waals surface area contributed by atoms with Crippen molar-refractivity contribution in [2.45, 2.75) is 32.3 Å². The summed E-state index contributed by atoms with van der Waals surface area (Å²) in [7, 11) is 0. The van der Waals surface area contributed by atoms with Gasteiger partial charge < -0.3 is 9.64 Å². The highest BCUT2D eigenvalue weighted by molar-refractivity contribution is 9.10. The third-order valence-corrected chi connectivity index (χ3v) is 7.90. The molecule has 2 aliphatic rings. The third-order valence-electron chi connectivity index (χ3n) is 5.76. The third kappa shape index (κ3) is 6.61. The van der Waals surface area contributed by atoms with Crippen LogP contribution in [-0.4, -0.2) is 46.5 Å². The molecular formula is C25H23BrCl2N2O4S. The van der Waals surface area contributed by atoms with Gasteiger partial charge in [0.05, 0.1) is 15.0 Å². The summed E-state index contributed by atoms with van der Waals surface area (Å²) in [5, 5.41) is 0.453. The maximum Gasteiger partial charge on any atom is 0.294 e. The maximum absolute atomic E-state index is 13.0. The normalized spacial score (nSPS) is 17.7. The molecule has 0 radical (unpaired) electrons. The number of halogens is 3. The van der Waals surface area contributed by atoms with E-state index in [1.165, 1.54) is 0 Å². The van der Waals surface area contributed by atoms with Crippen LogP contribution in [0.3, 0.4) is 0 Å². The minimum Gasteiger partial charge on any atom is -0.488 e. The van der Waals surface area contributed by atoms with Gasteiger partial charge in [0.25, 0.3) is 11.1 Å². The van der Waals surface area contributed by atoms with Crippen molar-refractivity contribution in [1.29, 1.82) is 0 Å². The van der Waals surface area contributed by atoms with Gasteiger partial charge in [0.2, 0.25) is 5.91 Å². The molecule has 2 aromatic carbocycles. The van der Waals surface area contributed by atoms with Crippen LogP contribution < -0.4 is 4.74 Å². The number of amides is 3. The zero-order valence-electron chi connectivity index (χ0n) is 18.8. The second kappa shape index (κ2) is 11.8. The van der Waals surface area contributed by atoms with Crippen LogP contribution in [0.15, 0.2) is 45.8 Å². The van der Waals surface area contributed by atoms with Crippen LogP contribution in [0.2, 0.25) is 10.0 Å². The fraction of sp³-hybridized carbons (Fsp3) is 0.320. The van der Waals surface area contributed by atoms with E-state index < -0.39 is 11.1 Å². The average molecular weight is 598 g/mol. The Morgan fingerprint density at radius 2 is 1.77 bits per heavy atom. The summed E-state index contributed by atoms with van der Waals surface area (Å²) in [5.41, 5.74) is 1.46. The molecular weight excluding hydrogens is 575 g/mol. The first-order valence-electron chi connectivity index (χ1n) is 11.2. The molecule has 10 heteroatoms. The summed E-state index contributed by atoms with van der Waals surface area (Å²) >= 11 is 16.3. The SMILES string of the molecule is O=C(CN1C(=O)SC(=Cc2cc(Br)ccc2OCc2ccc(Cl)c(Cl)c2)C1=O)N1CCCCCC1. The molecule has 2 saturated heterocycles. The van der Waals surface area contributed by atoms with E-state index in [1.54, 1.807) is 35.2 Å². The van der Waals surface area contributed by atoms with Gasteiger partial charge in [-0.3, -0.25) is 19.3 Å². The fourth-order valence-corrected chi connectivity index (χ4v) is 5.42. The van der Waals surface area contributed by atoms with E-state index in [2.05, 4.69) is 15.9 Å². The predicted molar refractivity (Wildman–Crippen MR) is 143 cm³/mol. The Hall–Kier alpha value is -2.00. The van der Waals surface area contributed by atoms with E-state index in [0.717, 1.165) is 52.4 Å². The van der Waals surface area contributed by atoms with Crippen LogP contribution in [0, 0.1) is 0 Å². The molecule has 2 heterocycles. The highest BCUT2D eigenvalue weighted by atomic mass is 79.9. The van der Waals surface area contributed by atoms with Crippen LogP contribution in [0.1, 0.15) is 36.8 Å². The van der Waals surface area contributed by atoms with Crippen LogP contribution in [-0.2, 0) is 16.2 Å². The summed E-state index contributed by atoms with van der Waals surface area (Å²) in [4.78, 5) is 41.4. The first-order chi connectivity index (χ1) is 16.8.